The molecule has 116 valence electrons. The lowest BCUT2D eigenvalue weighted by molar-refractivity contribution is -0.116. The SMILES string of the molecule is CN(C)C(CNC(=O)/C=C/c1ccccc1Cl)c1ccco1. The molecule has 0 bridgehead atoms. The van der Waals surface area contributed by atoms with Gasteiger partial charge in [0.15, 0.2) is 0 Å². The highest BCUT2D eigenvalue weighted by atomic mass is 35.5. The zero-order valence-corrected chi connectivity index (χ0v) is 13.4. The Bertz CT molecular complexity index is 636. The second kappa shape index (κ2) is 7.82. The number of carbonyl (C=O) groups is 1. The van der Waals surface area contributed by atoms with E-state index in [0.29, 0.717) is 11.6 Å². The summed E-state index contributed by atoms with van der Waals surface area (Å²) in [7, 11) is 3.89. The summed E-state index contributed by atoms with van der Waals surface area (Å²) < 4.78 is 5.41. The van der Waals surface area contributed by atoms with Crippen LogP contribution in [0, 0.1) is 0 Å². The number of likely N-dealkylation sites (N-methyl/N-ethyl adjacent to an activating group) is 1. The lowest BCUT2D eigenvalue weighted by atomic mass is 10.2. The predicted octanol–water partition coefficient (Wildman–Crippen LogP) is 3.37. The Balaban J connectivity index is 1.93. The molecule has 1 amide bonds. The lowest BCUT2D eigenvalue weighted by Crippen LogP contribution is -2.33. The molecule has 2 aromatic rings. The smallest absolute Gasteiger partial charge is 0.244 e. The summed E-state index contributed by atoms with van der Waals surface area (Å²) >= 11 is 6.04. The van der Waals surface area contributed by atoms with Gasteiger partial charge in [0, 0.05) is 17.6 Å². The van der Waals surface area contributed by atoms with Crippen molar-refractivity contribution in [2.24, 2.45) is 0 Å². The monoisotopic (exact) mass is 318 g/mol. The Morgan fingerprint density at radius 2 is 2.09 bits per heavy atom. The summed E-state index contributed by atoms with van der Waals surface area (Å²) in [6.07, 6.45) is 4.82. The maximum absolute atomic E-state index is 11.9. The number of nitrogens with zero attached hydrogens (tertiary/aromatic N) is 1. The van der Waals surface area contributed by atoms with Crippen LogP contribution in [0.2, 0.25) is 5.02 Å². The van der Waals surface area contributed by atoms with Crippen molar-refractivity contribution in [1.29, 1.82) is 0 Å². The summed E-state index contributed by atoms with van der Waals surface area (Å²) in [5, 5.41) is 3.49. The molecule has 0 saturated heterocycles. The van der Waals surface area contributed by atoms with E-state index in [9.17, 15) is 4.79 Å². The lowest BCUT2D eigenvalue weighted by Gasteiger charge is -2.22. The number of halogens is 1. The van der Waals surface area contributed by atoms with Crippen LogP contribution in [0.25, 0.3) is 6.08 Å². The molecule has 22 heavy (non-hydrogen) atoms. The van der Waals surface area contributed by atoms with Crippen LogP contribution in [-0.4, -0.2) is 31.4 Å². The first kappa shape index (κ1) is 16.3. The van der Waals surface area contributed by atoms with Crippen LogP contribution >= 0.6 is 11.6 Å². The van der Waals surface area contributed by atoms with E-state index in [1.807, 2.05) is 49.3 Å². The Morgan fingerprint density at radius 1 is 1.32 bits per heavy atom. The van der Waals surface area contributed by atoms with E-state index in [-0.39, 0.29) is 11.9 Å². The summed E-state index contributed by atoms with van der Waals surface area (Å²) in [6.45, 7) is 0.464. The Hall–Kier alpha value is -2.04. The highest BCUT2D eigenvalue weighted by Crippen LogP contribution is 2.18. The van der Waals surface area contributed by atoms with Gasteiger partial charge in [0.05, 0.1) is 12.3 Å². The minimum Gasteiger partial charge on any atom is -0.468 e. The number of nitrogens with one attached hydrogen (secondary N) is 1. The van der Waals surface area contributed by atoms with Crippen molar-refractivity contribution in [3.05, 3.63) is 65.1 Å². The number of amides is 1. The number of rotatable bonds is 6. The molecule has 1 unspecified atom stereocenters. The molecule has 1 aromatic heterocycles. The van der Waals surface area contributed by atoms with Gasteiger partial charge in [-0.25, -0.2) is 0 Å². The van der Waals surface area contributed by atoms with Gasteiger partial charge in [-0.1, -0.05) is 29.8 Å². The fraction of sp³-hybridized carbons (Fsp3) is 0.235. The van der Waals surface area contributed by atoms with Gasteiger partial charge in [0.25, 0.3) is 0 Å². The maximum Gasteiger partial charge on any atom is 0.244 e. The van der Waals surface area contributed by atoms with Crippen molar-refractivity contribution >= 4 is 23.6 Å². The molecule has 0 aliphatic rings. The molecule has 5 heteroatoms. The highest BCUT2D eigenvalue weighted by Gasteiger charge is 2.17. The molecular formula is C17H19ClN2O2. The van der Waals surface area contributed by atoms with Crippen molar-refractivity contribution in [2.75, 3.05) is 20.6 Å². The van der Waals surface area contributed by atoms with E-state index < -0.39 is 0 Å². The van der Waals surface area contributed by atoms with Crippen molar-refractivity contribution < 1.29 is 9.21 Å². The van der Waals surface area contributed by atoms with Gasteiger partial charge in [-0.05, 0) is 43.9 Å². The standard InChI is InChI=1S/C17H19ClN2O2/c1-20(2)15(16-8-5-11-22-16)12-19-17(21)10-9-13-6-3-4-7-14(13)18/h3-11,15H,12H2,1-2H3,(H,19,21)/b10-9+. The molecule has 0 spiro atoms. The average molecular weight is 319 g/mol. The van der Waals surface area contributed by atoms with E-state index in [1.165, 1.54) is 6.08 Å². The molecule has 0 radical (unpaired) electrons. The minimum absolute atomic E-state index is 0.00679. The van der Waals surface area contributed by atoms with Gasteiger partial charge < -0.3 is 9.73 Å². The fourth-order valence-corrected chi connectivity index (χ4v) is 2.25. The van der Waals surface area contributed by atoms with Crippen molar-refractivity contribution in [2.45, 2.75) is 6.04 Å². The van der Waals surface area contributed by atoms with Crippen LogP contribution in [-0.2, 0) is 4.79 Å². The first-order valence-corrected chi connectivity index (χ1v) is 7.36. The molecular weight excluding hydrogens is 300 g/mol. The summed E-state index contributed by atoms with van der Waals surface area (Å²) in [6, 6.07) is 11.1. The Morgan fingerprint density at radius 3 is 2.73 bits per heavy atom. The molecule has 0 fully saturated rings. The maximum atomic E-state index is 11.9. The van der Waals surface area contributed by atoms with Crippen molar-refractivity contribution in [1.82, 2.24) is 10.2 Å². The average Bonchev–Trinajstić information content (AvgIpc) is 3.00. The number of carbonyl (C=O) groups excluding carboxylic acids is 1. The van der Waals surface area contributed by atoms with Gasteiger partial charge in [-0.2, -0.15) is 0 Å². The second-order valence-electron chi connectivity index (χ2n) is 5.09. The van der Waals surface area contributed by atoms with Crippen LogP contribution in [0.1, 0.15) is 17.4 Å². The van der Waals surface area contributed by atoms with Gasteiger partial charge in [0.1, 0.15) is 5.76 Å². The summed E-state index contributed by atoms with van der Waals surface area (Å²) in [4.78, 5) is 13.9. The molecule has 1 heterocycles. The second-order valence-corrected chi connectivity index (χ2v) is 5.50. The van der Waals surface area contributed by atoms with E-state index in [4.69, 9.17) is 16.0 Å². The molecule has 0 saturated carbocycles. The number of hydrogen-bond acceptors (Lipinski definition) is 3. The van der Waals surface area contributed by atoms with Crippen LogP contribution < -0.4 is 5.32 Å². The van der Waals surface area contributed by atoms with Gasteiger partial charge >= 0.3 is 0 Å². The molecule has 0 aliphatic carbocycles. The molecule has 1 aromatic carbocycles. The van der Waals surface area contributed by atoms with E-state index in [0.717, 1.165) is 11.3 Å². The Kier molecular flexibility index (Phi) is 5.81. The third kappa shape index (κ3) is 4.48. The van der Waals surface area contributed by atoms with E-state index >= 15 is 0 Å². The van der Waals surface area contributed by atoms with E-state index in [1.54, 1.807) is 18.4 Å². The number of benzene rings is 1. The molecule has 1 N–H and O–H groups in total. The van der Waals surface area contributed by atoms with E-state index in [2.05, 4.69) is 5.32 Å². The quantitative estimate of drug-likeness (QED) is 0.831. The molecule has 1 atom stereocenters. The summed E-state index contributed by atoms with van der Waals surface area (Å²) in [5.41, 5.74) is 0.814. The molecule has 0 aliphatic heterocycles. The Labute approximate surface area is 135 Å². The number of furan rings is 1. The number of hydrogen-bond donors (Lipinski definition) is 1. The molecule has 2 rings (SSSR count). The first-order valence-electron chi connectivity index (χ1n) is 6.98. The van der Waals surface area contributed by atoms with Crippen molar-refractivity contribution in [3.8, 4) is 0 Å². The topological polar surface area (TPSA) is 45.5 Å². The minimum atomic E-state index is -0.168. The molecule has 4 nitrogen and oxygen atoms in total. The van der Waals surface area contributed by atoms with Crippen LogP contribution in [0.4, 0.5) is 0 Å². The van der Waals surface area contributed by atoms with Gasteiger partial charge in [0.2, 0.25) is 5.91 Å². The zero-order valence-electron chi connectivity index (χ0n) is 12.6. The summed E-state index contributed by atoms with van der Waals surface area (Å²) in [5.74, 6) is 0.652. The van der Waals surface area contributed by atoms with Gasteiger partial charge in [-0.3, -0.25) is 9.69 Å². The third-order valence-electron chi connectivity index (χ3n) is 3.28. The fourth-order valence-electron chi connectivity index (χ4n) is 2.05. The van der Waals surface area contributed by atoms with Crippen LogP contribution in [0.15, 0.2) is 53.2 Å². The highest BCUT2D eigenvalue weighted by molar-refractivity contribution is 6.32. The largest absolute Gasteiger partial charge is 0.468 e. The van der Waals surface area contributed by atoms with Crippen molar-refractivity contribution in [3.63, 3.8) is 0 Å². The third-order valence-corrected chi connectivity index (χ3v) is 3.63. The first-order chi connectivity index (χ1) is 10.6. The zero-order chi connectivity index (χ0) is 15.9. The normalized spacial score (nSPS) is 12.7. The van der Waals surface area contributed by atoms with Crippen LogP contribution in [0.5, 0.6) is 0 Å². The van der Waals surface area contributed by atoms with Crippen LogP contribution in [0.3, 0.4) is 0 Å². The predicted molar refractivity (Wildman–Crippen MR) is 88.6 cm³/mol. The van der Waals surface area contributed by atoms with Gasteiger partial charge in [-0.15, -0.1) is 0 Å².